The SMILES string of the molecule is O=C1N[C@@H](c2cccc(Oc3ccccc3)c2)[C@@H](C(=O)c2ccc(F)cc2)[C@](O)(C(F)(F)F)N1. The van der Waals surface area contributed by atoms with Gasteiger partial charge in [-0.15, -0.1) is 0 Å². The number of carbonyl (C=O) groups is 2. The van der Waals surface area contributed by atoms with Crippen molar-refractivity contribution in [2.75, 3.05) is 0 Å². The first kappa shape index (κ1) is 23.2. The molecule has 1 aliphatic heterocycles. The van der Waals surface area contributed by atoms with Crippen LogP contribution in [0, 0.1) is 11.7 Å². The normalized spacial score (nSPS) is 22.4. The van der Waals surface area contributed by atoms with E-state index in [1.165, 1.54) is 23.5 Å². The summed E-state index contributed by atoms with van der Waals surface area (Å²) < 4.78 is 61.1. The molecule has 1 fully saturated rings. The summed E-state index contributed by atoms with van der Waals surface area (Å²) in [5.41, 5.74) is -4.07. The monoisotopic (exact) mass is 474 g/mol. The smallest absolute Gasteiger partial charge is 0.437 e. The van der Waals surface area contributed by atoms with Gasteiger partial charge in [0, 0.05) is 5.56 Å². The zero-order chi connectivity index (χ0) is 24.5. The molecular weight excluding hydrogens is 456 g/mol. The van der Waals surface area contributed by atoms with E-state index in [2.05, 4.69) is 5.32 Å². The predicted molar refractivity (Wildman–Crippen MR) is 113 cm³/mol. The Morgan fingerprint density at radius 2 is 1.59 bits per heavy atom. The second-order valence-electron chi connectivity index (χ2n) is 7.68. The van der Waals surface area contributed by atoms with Gasteiger partial charge in [0.2, 0.25) is 5.72 Å². The second-order valence-corrected chi connectivity index (χ2v) is 7.68. The first-order valence-electron chi connectivity index (χ1n) is 10.1. The molecule has 3 aromatic rings. The third-order valence-electron chi connectivity index (χ3n) is 5.41. The van der Waals surface area contributed by atoms with E-state index in [9.17, 15) is 32.3 Å². The minimum atomic E-state index is -5.40. The molecule has 2 amide bonds. The summed E-state index contributed by atoms with van der Waals surface area (Å²) >= 11 is 0. The van der Waals surface area contributed by atoms with E-state index >= 15 is 0 Å². The molecule has 0 unspecified atom stereocenters. The number of aliphatic hydroxyl groups is 1. The van der Waals surface area contributed by atoms with Crippen molar-refractivity contribution in [1.82, 2.24) is 10.6 Å². The van der Waals surface area contributed by atoms with Crippen molar-refractivity contribution >= 4 is 11.8 Å². The lowest BCUT2D eigenvalue weighted by Crippen LogP contribution is -2.72. The molecular formula is C24H18F4N2O4. The van der Waals surface area contributed by atoms with Crippen LogP contribution in [0.3, 0.4) is 0 Å². The van der Waals surface area contributed by atoms with Crippen LogP contribution >= 0.6 is 0 Å². The molecule has 0 aromatic heterocycles. The lowest BCUT2D eigenvalue weighted by Gasteiger charge is -2.45. The molecule has 0 saturated carbocycles. The lowest BCUT2D eigenvalue weighted by molar-refractivity contribution is -0.287. The Kier molecular flexibility index (Phi) is 6.01. The van der Waals surface area contributed by atoms with Crippen molar-refractivity contribution in [2.24, 2.45) is 5.92 Å². The highest BCUT2D eigenvalue weighted by Gasteiger charge is 2.66. The standard InChI is InChI=1S/C24H18F4N2O4/c25-16-11-9-14(10-12-16)21(31)19-20(29-22(32)30-23(19,33)24(26,27)28)15-5-4-8-18(13-15)34-17-6-2-1-3-7-17/h1-13,19-20,33H,(H2,29,30,32)/t19-,20-,23-/m0/s1. The first-order valence-corrected chi connectivity index (χ1v) is 10.1. The molecule has 0 bridgehead atoms. The van der Waals surface area contributed by atoms with E-state index in [1.807, 2.05) is 0 Å². The Bertz CT molecular complexity index is 1200. The summed E-state index contributed by atoms with van der Waals surface area (Å²) in [6.07, 6.45) is -5.40. The maximum atomic E-state index is 14.0. The number of para-hydroxylation sites is 1. The van der Waals surface area contributed by atoms with Crippen LogP contribution < -0.4 is 15.4 Å². The van der Waals surface area contributed by atoms with Gasteiger partial charge in [0.05, 0.1) is 6.04 Å². The number of halogens is 4. The van der Waals surface area contributed by atoms with Crippen molar-refractivity contribution in [3.05, 3.63) is 95.8 Å². The van der Waals surface area contributed by atoms with Gasteiger partial charge in [-0.2, -0.15) is 13.2 Å². The third kappa shape index (κ3) is 4.44. The number of ether oxygens (including phenoxy) is 1. The van der Waals surface area contributed by atoms with Crippen molar-refractivity contribution in [3.8, 4) is 11.5 Å². The fourth-order valence-electron chi connectivity index (χ4n) is 3.81. The summed E-state index contributed by atoms with van der Waals surface area (Å²) in [7, 11) is 0. The number of Topliss-reactive ketones (excluding diaryl/α,β-unsaturated/α-hetero) is 1. The molecule has 3 aromatic carbocycles. The maximum absolute atomic E-state index is 14.0. The first-order chi connectivity index (χ1) is 16.1. The third-order valence-corrected chi connectivity index (χ3v) is 5.41. The molecule has 1 aliphatic rings. The molecule has 0 radical (unpaired) electrons. The molecule has 34 heavy (non-hydrogen) atoms. The van der Waals surface area contributed by atoms with E-state index in [1.54, 1.807) is 36.4 Å². The zero-order valence-corrected chi connectivity index (χ0v) is 17.3. The number of alkyl halides is 3. The maximum Gasteiger partial charge on any atom is 0.437 e. The van der Waals surface area contributed by atoms with Crippen molar-refractivity contribution in [1.29, 1.82) is 0 Å². The molecule has 4 rings (SSSR count). The van der Waals surface area contributed by atoms with E-state index in [0.717, 1.165) is 24.3 Å². The Balaban J connectivity index is 1.78. The largest absolute Gasteiger partial charge is 0.457 e. The van der Waals surface area contributed by atoms with Gasteiger partial charge in [-0.05, 0) is 54.1 Å². The summed E-state index contributed by atoms with van der Waals surface area (Å²) in [5.74, 6) is -3.38. The summed E-state index contributed by atoms with van der Waals surface area (Å²) in [4.78, 5) is 25.4. The van der Waals surface area contributed by atoms with Crippen LogP contribution in [0.2, 0.25) is 0 Å². The van der Waals surface area contributed by atoms with Gasteiger partial charge in [-0.25, -0.2) is 9.18 Å². The topological polar surface area (TPSA) is 87.7 Å². The van der Waals surface area contributed by atoms with Crippen molar-refractivity contribution in [3.63, 3.8) is 0 Å². The Hall–Kier alpha value is -3.92. The van der Waals surface area contributed by atoms with Crippen LogP contribution in [0.25, 0.3) is 0 Å². The molecule has 1 heterocycles. The van der Waals surface area contributed by atoms with Gasteiger partial charge < -0.3 is 20.5 Å². The second kappa shape index (κ2) is 8.79. The minimum Gasteiger partial charge on any atom is -0.457 e. The number of rotatable bonds is 5. The number of nitrogens with one attached hydrogen (secondary N) is 2. The average molecular weight is 474 g/mol. The van der Waals surface area contributed by atoms with E-state index < -0.39 is 41.5 Å². The number of hydrogen-bond donors (Lipinski definition) is 3. The molecule has 3 atom stereocenters. The van der Waals surface area contributed by atoms with Crippen LogP contribution in [-0.4, -0.2) is 28.8 Å². The van der Waals surface area contributed by atoms with Gasteiger partial charge >= 0.3 is 12.2 Å². The van der Waals surface area contributed by atoms with Crippen molar-refractivity contribution < 1.29 is 37.0 Å². The fourth-order valence-corrected chi connectivity index (χ4v) is 3.81. The fraction of sp³-hybridized carbons (Fsp3) is 0.167. The molecule has 0 aliphatic carbocycles. The average Bonchev–Trinajstić information content (AvgIpc) is 2.79. The summed E-state index contributed by atoms with van der Waals surface area (Å²) in [6.45, 7) is 0. The van der Waals surface area contributed by atoms with Crippen molar-refractivity contribution in [2.45, 2.75) is 17.9 Å². The highest BCUT2D eigenvalue weighted by atomic mass is 19.4. The van der Waals surface area contributed by atoms with Crippen LogP contribution in [0.4, 0.5) is 22.4 Å². The molecule has 0 spiro atoms. The van der Waals surface area contributed by atoms with E-state index in [4.69, 9.17) is 4.74 Å². The van der Waals surface area contributed by atoms with E-state index in [-0.39, 0.29) is 16.9 Å². The van der Waals surface area contributed by atoms with Crippen LogP contribution in [0.15, 0.2) is 78.9 Å². The summed E-state index contributed by atoms with van der Waals surface area (Å²) in [6, 6.07) is 15.3. The predicted octanol–water partition coefficient (Wildman–Crippen LogP) is 4.72. The van der Waals surface area contributed by atoms with Gasteiger partial charge in [0.15, 0.2) is 5.78 Å². The van der Waals surface area contributed by atoms with Crippen LogP contribution in [-0.2, 0) is 0 Å². The number of ketones is 1. The van der Waals surface area contributed by atoms with Gasteiger partial charge in [-0.3, -0.25) is 4.79 Å². The highest BCUT2D eigenvalue weighted by Crippen LogP contribution is 2.44. The number of amides is 2. The molecule has 3 N–H and O–H groups in total. The quantitative estimate of drug-likeness (QED) is 0.369. The molecule has 176 valence electrons. The van der Waals surface area contributed by atoms with E-state index in [0.29, 0.717) is 5.75 Å². The number of urea groups is 1. The van der Waals surface area contributed by atoms with Crippen LogP contribution in [0.1, 0.15) is 22.0 Å². The Morgan fingerprint density at radius 1 is 0.941 bits per heavy atom. The van der Waals surface area contributed by atoms with Gasteiger partial charge in [-0.1, -0.05) is 30.3 Å². The summed E-state index contributed by atoms with van der Waals surface area (Å²) in [5, 5.41) is 14.4. The Morgan fingerprint density at radius 3 is 2.24 bits per heavy atom. The highest BCUT2D eigenvalue weighted by molar-refractivity contribution is 6.00. The minimum absolute atomic E-state index is 0.0893. The Labute approximate surface area is 191 Å². The van der Waals surface area contributed by atoms with Gasteiger partial charge in [0.1, 0.15) is 23.2 Å². The molecule has 10 heteroatoms. The van der Waals surface area contributed by atoms with Crippen LogP contribution in [0.5, 0.6) is 11.5 Å². The number of carbonyl (C=O) groups excluding carboxylic acids is 2. The number of benzene rings is 3. The zero-order valence-electron chi connectivity index (χ0n) is 17.3. The number of hydrogen-bond acceptors (Lipinski definition) is 4. The molecule has 1 saturated heterocycles. The lowest BCUT2D eigenvalue weighted by atomic mass is 9.77. The molecule has 6 nitrogen and oxygen atoms in total. The van der Waals surface area contributed by atoms with Gasteiger partial charge in [0.25, 0.3) is 0 Å².